The third-order valence-corrected chi connectivity index (χ3v) is 5.10. The van der Waals surface area contributed by atoms with E-state index in [1.54, 1.807) is 60.8 Å². The molecule has 1 heteroatoms. The van der Waals surface area contributed by atoms with Crippen LogP contribution in [0.3, 0.4) is 0 Å². The molecule has 1 saturated carbocycles. The average molecular weight is 363 g/mol. The minimum atomic E-state index is -2.48. The van der Waals surface area contributed by atoms with Crippen molar-refractivity contribution in [2.75, 3.05) is 0 Å². The maximum atomic E-state index is 8.80. The van der Waals surface area contributed by atoms with Gasteiger partial charge in [0, 0.05) is 21.4 Å². The second-order valence-electron chi connectivity index (χ2n) is 7.16. The van der Waals surface area contributed by atoms with Crippen LogP contribution in [-0.2, 0) is 12.7 Å². The maximum absolute atomic E-state index is 8.80. The Balaban J connectivity index is 1.79. The molecule has 0 saturated heterocycles. The van der Waals surface area contributed by atoms with E-state index in [9.17, 15) is 0 Å². The first-order chi connectivity index (χ1) is 16.0. The van der Waals surface area contributed by atoms with Crippen LogP contribution in [0.25, 0.3) is 11.3 Å². The van der Waals surface area contributed by atoms with E-state index >= 15 is 0 Å². The number of aromatic nitrogens is 1. The van der Waals surface area contributed by atoms with E-state index in [0.717, 1.165) is 32.1 Å². The fourth-order valence-corrected chi connectivity index (χ4v) is 3.64. The molecule has 1 heterocycles. The van der Waals surface area contributed by atoms with E-state index in [2.05, 4.69) is 4.98 Å². The Bertz CT molecular complexity index is 1130. The second kappa shape index (κ2) is 8.52. The normalized spacial score (nSPS) is 20.4. The monoisotopic (exact) mass is 362 g/mol. The molecule has 1 nitrogen and oxygen atoms in total. The summed E-state index contributed by atoms with van der Waals surface area (Å²) in [5.74, 6) is -0.0442. The van der Waals surface area contributed by atoms with E-state index in [4.69, 9.17) is 9.60 Å². The van der Waals surface area contributed by atoms with Crippen molar-refractivity contribution in [2.24, 2.45) is 5.92 Å². The third-order valence-electron chi connectivity index (χ3n) is 5.10. The van der Waals surface area contributed by atoms with Gasteiger partial charge < -0.3 is 0 Å². The van der Waals surface area contributed by atoms with Gasteiger partial charge in [-0.25, -0.2) is 0 Å². The molecule has 27 heavy (non-hydrogen) atoms. The van der Waals surface area contributed by atoms with Gasteiger partial charge in [0.2, 0.25) is 0 Å². The van der Waals surface area contributed by atoms with E-state index in [1.807, 2.05) is 0 Å². The summed E-state index contributed by atoms with van der Waals surface area (Å²) in [5, 5.41) is 0. The van der Waals surface area contributed by atoms with Crippen LogP contribution < -0.4 is 0 Å². The third kappa shape index (κ3) is 4.66. The molecule has 0 spiro atoms. The zero-order chi connectivity index (χ0) is 24.6. The molecule has 1 fully saturated rings. The highest BCUT2D eigenvalue weighted by atomic mass is 14.7. The summed E-state index contributed by atoms with van der Waals surface area (Å²) < 4.78 is 59.1. The van der Waals surface area contributed by atoms with Gasteiger partial charge in [0.15, 0.2) is 0 Å². The van der Waals surface area contributed by atoms with Crippen molar-refractivity contribution < 1.29 is 9.60 Å². The molecule has 0 radical (unpaired) electrons. The van der Waals surface area contributed by atoms with Crippen LogP contribution in [-0.4, -0.2) is 4.98 Å². The van der Waals surface area contributed by atoms with Gasteiger partial charge in [0.05, 0.1) is 5.69 Å². The predicted octanol–water partition coefficient (Wildman–Crippen LogP) is 6.77. The van der Waals surface area contributed by atoms with E-state index < -0.39 is 19.6 Å². The maximum Gasteiger partial charge on any atom is 0.0704 e. The highest BCUT2D eigenvalue weighted by molar-refractivity contribution is 5.62. The van der Waals surface area contributed by atoms with Crippen molar-refractivity contribution in [1.82, 2.24) is 4.98 Å². The number of hydrogen-bond donors (Lipinski definition) is 0. The lowest BCUT2D eigenvalue weighted by atomic mass is 9.85. The zero-order valence-electron chi connectivity index (χ0n) is 22.4. The van der Waals surface area contributed by atoms with Crippen LogP contribution in [0.4, 0.5) is 0 Å². The van der Waals surface area contributed by atoms with Crippen LogP contribution in [0.2, 0.25) is 0 Å². The standard InChI is InChI=1S/C26H29N/c1-20-12-13-24(19-25(20)17-22-10-6-3-7-11-22)26-18-23(14-15-27-26)16-21-8-4-2-5-9-21/h3,6-7,10-15,18-19,21H,2,4-5,8-9,16-17H2,1H3/i1D3,16D2,17D2. The Labute approximate surface area is 173 Å². The molecule has 2 aromatic carbocycles. The summed E-state index contributed by atoms with van der Waals surface area (Å²) in [4.78, 5) is 4.43. The van der Waals surface area contributed by atoms with Gasteiger partial charge in [-0.15, -0.1) is 0 Å². The molecule has 0 N–H and O–H groups in total. The molecule has 0 amide bonds. The van der Waals surface area contributed by atoms with Crippen LogP contribution >= 0.6 is 0 Å². The van der Waals surface area contributed by atoms with Crippen LogP contribution in [0.1, 0.15) is 64.0 Å². The molecule has 0 aliphatic heterocycles. The largest absolute Gasteiger partial charge is 0.256 e. The Morgan fingerprint density at radius 2 is 1.81 bits per heavy atom. The van der Waals surface area contributed by atoms with Gasteiger partial charge in [-0.05, 0) is 66.0 Å². The molecule has 1 aliphatic carbocycles. The molecule has 0 unspecified atom stereocenters. The minimum Gasteiger partial charge on any atom is -0.256 e. The molecule has 0 atom stereocenters. The van der Waals surface area contributed by atoms with Gasteiger partial charge in [0.25, 0.3) is 0 Å². The Morgan fingerprint density at radius 3 is 2.63 bits per heavy atom. The summed E-state index contributed by atoms with van der Waals surface area (Å²) >= 11 is 0. The average Bonchev–Trinajstić information content (AvgIpc) is 2.84. The highest BCUT2D eigenvalue weighted by Gasteiger charge is 2.14. The first-order valence-electron chi connectivity index (χ1n) is 13.2. The van der Waals surface area contributed by atoms with Gasteiger partial charge in [0.1, 0.15) is 0 Å². The van der Waals surface area contributed by atoms with Gasteiger partial charge in [-0.2, -0.15) is 0 Å². The lowest BCUT2D eigenvalue weighted by Gasteiger charge is -2.21. The van der Waals surface area contributed by atoms with Crippen molar-refractivity contribution in [3.8, 4) is 11.3 Å². The summed E-state index contributed by atoms with van der Waals surface area (Å²) in [6, 6.07) is 16.6. The minimum absolute atomic E-state index is 0.0428. The predicted molar refractivity (Wildman–Crippen MR) is 114 cm³/mol. The molecule has 1 aliphatic rings. The highest BCUT2D eigenvalue weighted by Crippen LogP contribution is 2.28. The molecule has 138 valence electrons. The van der Waals surface area contributed by atoms with E-state index in [-0.39, 0.29) is 17.0 Å². The van der Waals surface area contributed by atoms with Crippen molar-refractivity contribution in [3.63, 3.8) is 0 Å². The topological polar surface area (TPSA) is 12.9 Å². The fourth-order valence-electron chi connectivity index (χ4n) is 3.64. The van der Waals surface area contributed by atoms with Crippen LogP contribution in [0, 0.1) is 12.8 Å². The summed E-state index contributed by atoms with van der Waals surface area (Å²) in [6.07, 6.45) is 3.00. The summed E-state index contributed by atoms with van der Waals surface area (Å²) in [7, 11) is 0. The second-order valence-corrected chi connectivity index (χ2v) is 7.16. The first-order valence-corrected chi connectivity index (χ1v) is 9.69. The van der Waals surface area contributed by atoms with Crippen molar-refractivity contribution in [3.05, 3.63) is 89.1 Å². The van der Waals surface area contributed by atoms with E-state index in [0.29, 0.717) is 22.4 Å². The molecular formula is C26H29N. The molecule has 3 aromatic rings. The van der Waals surface area contributed by atoms with Gasteiger partial charge in [-0.3, -0.25) is 4.98 Å². The van der Waals surface area contributed by atoms with E-state index in [1.165, 1.54) is 6.07 Å². The van der Waals surface area contributed by atoms with Crippen molar-refractivity contribution in [1.29, 1.82) is 0 Å². The number of nitrogens with zero attached hydrogens (tertiary/aromatic N) is 1. The SMILES string of the molecule is [2H]C([2H])([2H])c1ccc(-c2cc(C([2H])([2H])C3CCCCC3)ccn2)cc1C([2H])([2H])c1ccccc1. The lowest BCUT2D eigenvalue weighted by molar-refractivity contribution is 0.356. The molecule has 0 bridgehead atoms. The Kier molecular flexibility index (Phi) is 3.61. The van der Waals surface area contributed by atoms with Crippen LogP contribution in [0.15, 0.2) is 66.9 Å². The fraction of sp³-hybridized carbons (Fsp3) is 0.346. The molecular weight excluding hydrogens is 326 g/mol. The number of hydrogen-bond acceptors (Lipinski definition) is 1. The molecule has 4 rings (SSSR count). The summed E-state index contributed by atoms with van der Waals surface area (Å²) in [6.45, 7) is -2.48. The van der Waals surface area contributed by atoms with Crippen LogP contribution in [0.5, 0.6) is 0 Å². The lowest BCUT2D eigenvalue weighted by Crippen LogP contribution is -2.09. The quantitative estimate of drug-likeness (QED) is 0.488. The number of rotatable bonds is 5. The smallest absolute Gasteiger partial charge is 0.0704 e. The number of aryl methyl sites for hydroxylation is 1. The van der Waals surface area contributed by atoms with Gasteiger partial charge >= 0.3 is 0 Å². The molecule has 1 aromatic heterocycles. The Hall–Kier alpha value is -2.41. The van der Waals surface area contributed by atoms with Gasteiger partial charge in [-0.1, -0.05) is 74.6 Å². The summed E-state index contributed by atoms with van der Waals surface area (Å²) in [5.41, 5.74) is 2.01. The Morgan fingerprint density at radius 1 is 0.963 bits per heavy atom. The number of pyridine rings is 1. The first kappa shape index (κ1) is 11.4. The van der Waals surface area contributed by atoms with Crippen molar-refractivity contribution in [2.45, 2.75) is 51.7 Å². The zero-order valence-corrected chi connectivity index (χ0v) is 15.4. The van der Waals surface area contributed by atoms with Crippen molar-refractivity contribution >= 4 is 0 Å². The number of benzene rings is 2.